The van der Waals surface area contributed by atoms with Crippen molar-refractivity contribution in [2.24, 2.45) is 35.1 Å². The van der Waals surface area contributed by atoms with Crippen LogP contribution in [-0.4, -0.2) is 172 Å². The highest BCUT2D eigenvalue weighted by Crippen LogP contribution is 2.50. The average Bonchev–Trinajstić information content (AvgIpc) is 1.57. The maximum atomic E-state index is 14.2. The van der Waals surface area contributed by atoms with Gasteiger partial charge in [-0.05, 0) is 147 Å². The molecule has 5 aliphatic heterocycles. The summed E-state index contributed by atoms with van der Waals surface area (Å²) in [6, 6.07) is 4.33. The quantitative estimate of drug-likeness (QED) is 0.0925. The van der Waals surface area contributed by atoms with E-state index in [1.807, 2.05) is 33.8 Å². The van der Waals surface area contributed by atoms with Crippen LogP contribution in [0.25, 0.3) is 20.8 Å². The first-order valence-electron chi connectivity index (χ1n) is 31.8. The van der Waals surface area contributed by atoms with E-state index < -0.39 is 106 Å². The number of ether oxygens (including phenoxy) is 8. The SMILES string of the molecule is CC(C)(C)OC(=O)N1C(=O)[C@H]2C[C@@H]1[C@@H]1OC(C)(C)O[C@@H]12.CC(C)(C)OC(=O)N[C@@H]1C[C@H](C(N)=O)[C@H]2OC(C)(C)O[C@H]21.CC1(C)O[C@@H]2[C@H](O1)[C@@H]1C[C@H]2NC1=O.Cc1nc(NCc2c(F)cccc2F)nc(N[C@@H]2C[C@H](C(N)=O)[C@@H](O)[C@H]2O)c1-c1nc2c(C3CC3)nccc2s1. The van der Waals surface area contributed by atoms with Gasteiger partial charge < -0.3 is 80.8 Å². The summed E-state index contributed by atoms with van der Waals surface area (Å²) in [5.41, 5.74) is 12.3. The molecule has 1 aromatic carbocycles. The number of nitrogens with two attached hydrogens (primary N) is 2. The number of aliphatic hydroxyl groups excluding tert-OH is 2. The second kappa shape index (κ2) is 25.3. The molecule has 0 radical (unpaired) electrons. The number of carbonyl (C=O) groups excluding carboxylic acids is 6. The molecule has 0 unspecified atom stereocenters. The number of aromatic nitrogens is 4. The molecule has 8 heterocycles. The Labute approximate surface area is 546 Å². The zero-order valence-electron chi connectivity index (χ0n) is 54.8. The number of thiazole rings is 1. The van der Waals surface area contributed by atoms with Gasteiger partial charge in [0.05, 0.1) is 75.6 Å². The third-order valence-electron chi connectivity index (χ3n) is 18.0. The summed E-state index contributed by atoms with van der Waals surface area (Å²) in [5.74, 6) is -5.55. The summed E-state index contributed by atoms with van der Waals surface area (Å²) in [7, 11) is 0. The Bertz CT molecular complexity index is 3600. The van der Waals surface area contributed by atoms with Crippen LogP contribution < -0.4 is 32.7 Å². The van der Waals surface area contributed by atoms with Gasteiger partial charge in [-0.1, -0.05) is 6.07 Å². The summed E-state index contributed by atoms with van der Waals surface area (Å²) in [4.78, 5) is 90.9. The monoisotopic (exact) mass is 1330 g/mol. The fourth-order valence-corrected chi connectivity index (χ4v) is 15.1. The maximum absolute atomic E-state index is 14.2. The van der Waals surface area contributed by atoms with Crippen LogP contribution in [0.3, 0.4) is 0 Å². The van der Waals surface area contributed by atoms with Crippen LogP contribution in [0, 0.1) is 42.2 Å². The number of fused-ring (bicyclic) bond motifs is 12. The molecule has 14 rings (SSSR count). The van der Waals surface area contributed by atoms with Gasteiger partial charge in [-0.15, -0.1) is 11.3 Å². The number of benzene rings is 1. The minimum Gasteiger partial charge on any atom is -0.444 e. The largest absolute Gasteiger partial charge is 0.444 e. The summed E-state index contributed by atoms with van der Waals surface area (Å²) in [5, 5.41) is 33.4. The highest BCUT2D eigenvalue weighted by molar-refractivity contribution is 7.21. The van der Waals surface area contributed by atoms with Crippen molar-refractivity contribution in [2.45, 2.75) is 243 Å². The molecule has 3 aromatic heterocycles. The third-order valence-corrected chi connectivity index (χ3v) is 19.1. The molecule has 5 saturated carbocycles. The number of hydrogen-bond acceptors (Lipinski definition) is 23. The Morgan fingerprint density at radius 2 is 1.32 bits per heavy atom. The van der Waals surface area contributed by atoms with Gasteiger partial charge in [0, 0.05) is 24.2 Å². The molecular formula is C64H85F2N11O16S. The Balaban J connectivity index is 0.000000140. The number of aryl methyl sites for hydroxylation is 1. The van der Waals surface area contributed by atoms with E-state index in [1.54, 1.807) is 68.5 Å². The minimum absolute atomic E-state index is 0.00579. The fourth-order valence-electron chi connectivity index (χ4n) is 14.0. The van der Waals surface area contributed by atoms with Crippen molar-refractivity contribution >= 4 is 69.1 Å². The molecule has 30 heteroatoms. The number of nitrogens with one attached hydrogen (secondary N) is 4. The van der Waals surface area contributed by atoms with Gasteiger partial charge in [0.2, 0.25) is 29.6 Å². The number of imide groups is 1. The molecular weight excluding hydrogens is 1250 g/mol. The molecule has 27 nitrogen and oxygen atoms in total. The van der Waals surface area contributed by atoms with E-state index in [4.69, 9.17) is 54.3 Å². The number of hydrogen-bond donors (Lipinski definition) is 8. The Kier molecular flexibility index (Phi) is 18.4. The highest BCUT2D eigenvalue weighted by Gasteiger charge is 2.66. The summed E-state index contributed by atoms with van der Waals surface area (Å²) >= 11 is 1.45. The number of primary amides is 2. The fraction of sp³-hybridized carbons (Fsp3) is 0.656. The van der Waals surface area contributed by atoms with Gasteiger partial charge in [-0.25, -0.2) is 33.2 Å². The third kappa shape index (κ3) is 14.3. The van der Waals surface area contributed by atoms with Crippen molar-refractivity contribution in [1.29, 1.82) is 0 Å². The standard InChI is InChI=1S/C27H27F2N7O3S.C14H24N2O5.C14H21NO5.C9H13NO3/c1-11-19(26-35-21-18(40-26)7-8-31-20(21)12-5-6-12)25(34-17-9-13(24(30)39)22(37)23(17)38)36-27(33-11)32-10-14-15(28)3-2-4-16(14)29;1-13(2,3)21-12(18)16-8-6-7(11(15)17)9-10(8)20-14(4,5)19-9;1-13(2,3)20-12(17)15-8-6-7(11(15)16)9-10(8)19-14(4,5)18-9;1-9(2)12-6-4-3-5(7(6)13-9)10-8(4)11/h2-4,7-8,12-13,17,22-23,37-38H,5-6,9-10H2,1H3,(H2,30,39)(H2,32,33,34,36);7-10H,6H2,1-5H3,(H2,15,17)(H,16,18);7-10H,6H2,1-5H3;4-7H,3H2,1-2H3,(H,10,11)/t13-,17+,22+,23-;2*7-,8+,9+,10-;4-,5+,6+,7-/m0000/s1. The first-order chi connectivity index (χ1) is 43.8. The lowest BCUT2D eigenvalue weighted by Crippen LogP contribution is -2.53. The Morgan fingerprint density at radius 3 is 1.93 bits per heavy atom. The Morgan fingerprint density at radius 1 is 0.734 bits per heavy atom. The van der Waals surface area contributed by atoms with E-state index in [9.17, 15) is 47.8 Å². The maximum Gasteiger partial charge on any atom is 0.417 e. The van der Waals surface area contributed by atoms with Crippen molar-refractivity contribution in [3.05, 3.63) is 59.0 Å². The number of rotatable bonds is 10. The summed E-state index contributed by atoms with van der Waals surface area (Å²) in [6.45, 7) is 23.3. The lowest BCUT2D eigenvalue weighted by atomic mass is 10.0. The number of amides is 6. The molecule has 4 bridgehead atoms. The molecule has 0 spiro atoms. The summed E-state index contributed by atoms with van der Waals surface area (Å²) in [6.07, 6.45) is 0.895. The molecule has 16 atom stereocenters. The topological polar surface area (TPSA) is 372 Å². The van der Waals surface area contributed by atoms with E-state index in [-0.39, 0.29) is 96.5 Å². The minimum atomic E-state index is -1.34. The van der Waals surface area contributed by atoms with Gasteiger partial charge in [-0.3, -0.25) is 24.2 Å². The number of piperidine rings is 2. The van der Waals surface area contributed by atoms with Crippen LogP contribution in [0.15, 0.2) is 30.5 Å². The van der Waals surface area contributed by atoms with Crippen LogP contribution >= 0.6 is 11.3 Å². The predicted octanol–water partition coefficient (Wildman–Crippen LogP) is 5.83. The Hall–Kier alpha value is -6.90. The number of nitrogens with zero attached hydrogens (tertiary/aromatic N) is 5. The van der Waals surface area contributed by atoms with E-state index in [1.165, 1.54) is 34.4 Å². The van der Waals surface area contributed by atoms with Crippen molar-refractivity contribution in [1.82, 2.24) is 35.5 Å². The lowest BCUT2D eigenvalue weighted by Gasteiger charge is -2.32. The van der Waals surface area contributed by atoms with Crippen LogP contribution in [0.5, 0.6) is 0 Å². The first-order valence-corrected chi connectivity index (χ1v) is 32.6. The smallest absolute Gasteiger partial charge is 0.417 e. The molecule has 10 aliphatic rings. The zero-order valence-corrected chi connectivity index (χ0v) is 55.6. The second-order valence-electron chi connectivity index (χ2n) is 29.0. The average molecular weight is 1330 g/mol. The molecule has 4 aromatic rings. The molecule has 10 fully saturated rings. The van der Waals surface area contributed by atoms with Crippen LogP contribution in [0.2, 0.25) is 0 Å². The predicted molar refractivity (Wildman–Crippen MR) is 333 cm³/mol. The normalized spacial score (nSPS) is 32.4. The van der Waals surface area contributed by atoms with E-state index in [0.717, 1.165) is 35.2 Å². The number of anilines is 2. The molecule has 94 heavy (non-hydrogen) atoms. The summed E-state index contributed by atoms with van der Waals surface area (Å²) < 4.78 is 74.5. The second-order valence-corrected chi connectivity index (χ2v) is 30.0. The molecule has 10 N–H and O–H groups in total. The van der Waals surface area contributed by atoms with E-state index in [0.29, 0.717) is 35.0 Å². The van der Waals surface area contributed by atoms with E-state index in [2.05, 4.69) is 36.2 Å². The number of likely N-dealkylation sites (tertiary alicyclic amines) is 1. The highest BCUT2D eigenvalue weighted by atomic mass is 32.1. The van der Waals surface area contributed by atoms with E-state index >= 15 is 0 Å². The number of pyridine rings is 1. The first kappa shape index (κ1) is 68.5. The number of aliphatic hydroxyl groups is 2. The van der Waals surface area contributed by atoms with Gasteiger partial charge in [-0.2, -0.15) is 4.98 Å². The van der Waals surface area contributed by atoms with Crippen molar-refractivity contribution in [2.75, 3.05) is 10.6 Å². The van der Waals surface area contributed by atoms with Gasteiger partial charge >= 0.3 is 12.2 Å². The number of halogens is 2. The number of carbonyl (C=O) groups is 6. The van der Waals surface area contributed by atoms with Crippen LogP contribution in [0.1, 0.15) is 144 Å². The van der Waals surface area contributed by atoms with Gasteiger partial charge in [0.25, 0.3) is 0 Å². The molecule has 5 aliphatic carbocycles. The van der Waals surface area contributed by atoms with Gasteiger partial charge in [0.1, 0.15) is 81.9 Å². The van der Waals surface area contributed by atoms with Crippen molar-refractivity contribution in [3.8, 4) is 10.6 Å². The molecule has 5 saturated heterocycles. The van der Waals surface area contributed by atoms with Crippen molar-refractivity contribution < 1.29 is 85.7 Å². The van der Waals surface area contributed by atoms with Crippen LogP contribution in [0.4, 0.5) is 30.1 Å². The molecule has 6 amide bonds. The van der Waals surface area contributed by atoms with Gasteiger partial charge in [0.15, 0.2) is 17.4 Å². The lowest BCUT2D eigenvalue weighted by molar-refractivity contribution is -0.161. The zero-order chi connectivity index (χ0) is 68.2. The van der Waals surface area contributed by atoms with Crippen molar-refractivity contribution in [3.63, 3.8) is 0 Å². The number of alkyl carbamates (subject to hydrolysis) is 1. The van der Waals surface area contributed by atoms with Crippen LogP contribution in [-0.2, 0) is 63.6 Å². The molecule has 512 valence electrons.